The van der Waals surface area contributed by atoms with Crippen molar-refractivity contribution in [2.75, 3.05) is 12.4 Å². The summed E-state index contributed by atoms with van der Waals surface area (Å²) in [6.07, 6.45) is 0. The smallest absolute Gasteiger partial charge is 0.256 e. The number of anilines is 1. The molecule has 0 radical (unpaired) electrons. The topological polar surface area (TPSA) is 51.2 Å². The summed E-state index contributed by atoms with van der Waals surface area (Å²) >= 11 is 0. The van der Waals surface area contributed by atoms with E-state index >= 15 is 0 Å². The number of methoxy groups -OCH3 is 1. The second-order valence-electron chi connectivity index (χ2n) is 7.22. The molecule has 0 aliphatic heterocycles. The first-order chi connectivity index (χ1) is 14.4. The number of amides is 1. The molecule has 0 bridgehead atoms. The number of benzene rings is 3. The zero-order chi connectivity index (χ0) is 21.3. The molecule has 30 heavy (non-hydrogen) atoms. The molecule has 0 spiro atoms. The number of carbonyl (C=O) groups excluding carboxylic acids is 1. The molecule has 4 nitrogen and oxygen atoms in total. The molecule has 3 aromatic carbocycles. The van der Waals surface area contributed by atoms with Gasteiger partial charge in [0.15, 0.2) is 0 Å². The number of carbonyl (C=O) groups is 1. The van der Waals surface area contributed by atoms with Crippen LogP contribution < -0.4 is 10.1 Å². The van der Waals surface area contributed by atoms with Gasteiger partial charge in [0.25, 0.3) is 5.91 Å². The normalized spacial score (nSPS) is 10.8. The molecule has 0 saturated heterocycles. The van der Waals surface area contributed by atoms with Crippen LogP contribution in [0.2, 0.25) is 0 Å². The minimum Gasteiger partial charge on any atom is -0.497 e. The number of aryl methyl sites for hydroxylation is 2. The van der Waals surface area contributed by atoms with Gasteiger partial charge in [-0.05, 0) is 80.1 Å². The largest absolute Gasteiger partial charge is 0.497 e. The van der Waals surface area contributed by atoms with Gasteiger partial charge in [0, 0.05) is 16.6 Å². The van der Waals surface area contributed by atoms with Crippen LogP contribution in [0.1, 0.15) is 21.5 Å². The molecule has 0 atom stereocenters. The molecular formula is C25H21FN2O2. The number of nitrogens with zero attached hydrogens (tertiary/aromatic N) is 1. The van der Waals surface area contributed by atoms with Crippen LogP contribution in [0.25, 0.3) is 22.2 Å². The number of hydrogen-bond donors (Lipinski definition) is 1. The Labute approximate surface area is 174 Å². The van der Waals surface area contributed by atoms with Gasteiger partial charge in [-0.1, -0.05) is 11.6 Å². The van der Waals surface area contributed by atoms with Crippen LogP contribution in [0, 0.1) is 19.7 Å². The van der Waals surface area contributed by atoms with Gasteiger partial charge in [-0.15, -0.1) is 0 Å². The second kappa shape index (κ2) is 7.95. The van der Waals surface area contributed by atoms with Gasteiger partial charge in [0.05, 0.1) is 23.9 Å². The predicted octanol–water partition coefficient (Wildman–Crippen LogP) is 5.92. The molecule has 0 unspecified atom stereocenters. The Hall–Kier alpha value is -3.73. The van der Waals surface area contributed by atoms with E-state index in [0.29, 0.717) is 16.9 Å². The van der Waals surface area contributed by atoms with Crippen molar-refractivity contribution < 1.29 is 13.9 Å². The molecule has 1 amide bonds. The summed E-state index contributed by atoms with van der Waals surface area (Å²) in [5.41, 5.74) is 5.45. The van der Waals surface area contributed by atoms with Crippen LogP contribution in [0.3, 0.4) is 0 Å². The zero-order valence-corrected chi connectivity index (χ0v) is 17.0. The molecule has 1 N–H and O–H groups in total. The number of halogens is 1. The Morgan fingerprint density at radius 3 is 2.33 bits per heavy atom. The highest BCUT2D eigenvalue weighted by molar-refractivity contribution is 6.13. The summed E-state index contributed by atoms with van der Waals surface area (Å²) in [7, 11) is 1.62. The van der Waals surface area contributed by atoms with Crippen LogP contribution in [0.5, 0.6) is 5.75 Å². The van der Waals surface area contributed by atoms with Gasteiger partial charge in [-0.3, -0.25) is 4.79 Å². The molecule has 4 rings (SSSR count). The maximum Gasteiger partial charge on any atom is 0.256 e. The molecule has 0 aliphatic rings. The first kappa shape index (κ1) is 19.6. The maximum atomic E-state index is 13.2. The summed E-state index contributed by atoms with van der Waals surface area (Å²) in [4.78, 5) is 18.0. The van der Waals surface area contributed by atoms with Crippen LogP contribution in [0.15, 0.2) is 66.7 Å². The van der Waals surface area contributed by atoms with Gasteiger partial charge < -0.3 is 10.1 Å². The first-order valence-corrected chi connectivity index (χ1v) is 9.58. The van der Waals surface area contributed by atoms with E-state index in [2.05, 4.69) is 11.4 Å². The highest BCUT2D eigenvalue weighted by Gasteiger charge is 2.16. The van der Waals surface area contributed by atoms with Gasteiger partial charge in [0.2, 0.25) is 0 Å². The van der Waals surface area contributed by atoms with E-state index in [-0.39, 0.29) is 11.7 Å². The first-order valence-electron chi connectivity index (χ1n) is 9.58. The summed E-state index contributed by atoms with van der Waals surface area (Å²) in [5, 5.41) is 3.64. The number of aromatic nitrogens is 1. The van der Waals surface area contributed by atoms with Crippen molar-refractivity contribution in [1.82, 2.24) is 4.98 Å². The maximum absolute atomic E-state index is 13.2. The summed E-state index contributed by atoms with van der Waals surface area (Å²) in [6, 6.07) is 19.1. The van der Waals surface area contributed by atoms with Crippen LogP contribution in [-0.4, -0.2) is 18.0 Å². The minimum atomic E-state index is -0.351. The number of rotatable bonds is 4. The van der Waals surface area contributed by atoms with Crippen molar-refractivity contribution in [3.8, 4) is 17.0 Å². The Morgan fingerprint density at radius 1 is 0.967 bits per heavy atom. The highest BCUT2D eigenvalue weighted by atomic mass is 19.1. The van der Waals surface area contributed by atoms with Crippen LogP contribution in [0.4, 0.5) is 10.1 Å². The SMILES string of the molecule is COc1ccc(-c2cc(C(=O)Nc3ccc(F)cc3)c3cc(C)cc(C)c3n2)cc1. The number of ether oxygens (including phenoxy) is 1. The summed E-state index contributed by atoms with van der Waals surface area (Å²) in [5.74, 6) is 0.129. The lowest BCUT2D eigenvalue weighted by Crippen LogP contribution is -2.13. The third-order valence-electron chi connectivity index (χ3n) is 4.98. The quantitative estimate of drug-likeness (QED) is 0.463. The van der Waals surface area contributed by atoms with Crippen molar-refractivity contribution in [2.24, 2.45) is 0 Å². The molecule has 0 saturated carbocycles. The van der Waals surface area contributed by atoms with E-state index in [1.165, 1.54) is 24.3 Å². The molecule has 1 aromatic heterocycles. The van der Waals surface area contributed by atoms with E-state index in [1.54, 1.807) is 13.2 Å². The van der Waals surface area contributed by atoms with E-state index in [9.17, 15) is 9.18 Å². The number of fused-ring (bicyclic) bond motifs is 1. The summed E-state index contributed by atoms with van der Waals surface area (Å²) < 4.78 is 18.4. The van der Waals surface area contributed by atoms with Crippen molar-refractivity contribution in [2.45, 2.75) is 13.8 Å². The molecule has 0 fully saturated rings. The van der Waals surface area contributed by atoms with Crippen LogP contribution >= 0.6 is 0 Å². The van der Waals surface area contributed by atoms with E-state index in [0.717, 1.165) is 33.3 Å². The third-order valence-corrected chi connectivity index (χ3v) is 4.98. The average Bonchev–Trinajstić information content (AvgIpc) is 2.75. The van der Waals surface area contributed by atoms with Crippen molar-refractivity contribution in [1.29, 1.82) is 0 Å². The zero-order valence-electron chi connectivity index (χ0n) is 17.0. The monoisotopic (exact) mass is 400 g/mol. The number of nitrogens with one attached hydrogen (secondary N) is 1. The van der Waals surface area contributed by atoms with E-state index in [4.69, 9.17) is 9.72 Å². The fraction of sp³-hybridized carbons (Fsp3) is 0.120. The summed E-state index contributed by atoms with van der Waals surface area (Å²) in [6.45, 7) is 3.98. The fourth-order valence-corrected chi connectivity index (χ4v) is 3.51. The fourth-order valence-electron chi connectivity index (χ4n) is 3.51. The highest BCUT2D eigenvalue weighted by Crippen LogP contribution is 2.29. The lowest BCUT2D eigenvalue weighted by molar-refractivity contribution is 0.102. The van der Waals surface area contributed by atoms with Crippen molar-refractivity contribution in [3.05, 3.63) is 89.2 Å². The molecule has 5 heteroatoms. The van der Waals surface area contributed by atoms with Gasteiger partial charge in [-0.25, -0.2) is 9.37 Å². The average molecular weight is 400 g/mol. The Bertz CT molecular complexity index is 1230. The second-order valence-corrected chi connectivity index (χ2v) is 7.22. The molecule has 4 aromatic rings. The standard InChI is InChI=1S/C25H21FN2O2/c1-15-12-16(2)24-21(13-15)22(25(29)27-19-8-6-18(26)7-9-19)14-23(28-24)17-4-10-20(30-3)11-5-17/h4-14H,1-3H3,(H,27,29). The van der Waals surface area contributed by atoms with Gasteiger partial charge in [-0.2, -0.15) is 0 Å². The molecule has 0 aliphatic carbocycles. The Balaban J connectivity index is 1.85. The van der Waals surface area contributed by atoms with E-state index in [1.807, 2.05) is 44.2 Å². The molecule has 150 valence electrons. The third kappa shape index (κ3) is 3.87. The minimum absolute atomic E-state index is 0.270. The van der Waals surface area contributed by atoms with Gasteiger partial charge in [0.1, 0.15) is 11.6 Å². The number of pyridine rings is 1. The Morgan fingerprint density at radius 2 is 1.67 bits per heavy atom. The van der Waals surface area contributed by atoms with E-state index < -0.39 is 0 Å². The predicted molar refractivity (Wildman–Crippen MR) is 118 cm³/mol. The Kier molecular flexibility index (Phi) is 5.19. The van der Waals surface area contributed by atoms with Crippen molar-refractivity contribution in [3.63, 3.8) is 0 Å². The van der Waals surface area contributed by atoms with Gasteiger partial charge >= 0.3 is 0 Å². The lowest BCUT2D eigenvalue weighted by atomic mass is 9.99. The molecule has 1 heterocycles. The van der Waals surface area contributed by atoms with Crippen molar-refractivity contribution >= 4 is 22.5 Å². The van der Waals surface area contributed by atoms with Crippen LogP contribution in [-0.2, 0) is 0 Å². The molecular weight excluding hydrogens is 379 g/mol. The lowest BCUT2D eigenvalue weighted by Gasteiger charge is -2.13. The number of hydrogen-bond acceptors (Lipinski definition) is 3.